The largest absolute Gasteiger partial charge is 0.389 e. The van der Waals surface area contributed by atoms with Gasteiger partial charge >= 0.3 is 0 Å². The van der Waals surface area contributed by atoms with E-state index in [1.807, 2.05) is 0 Å². The molecule has 1 aromatic carbocycles. The number of hydrogen-bond acceptors (Lipinski definition) is 2. The van der Waals surface area contributed by atoms with Gasteiger partial charge in [-0.1, -0.05) is 25.6 Å². The summed E-state index contributed by atoms with van der Waals surface area (Å²) in [5.41, 5.74) is 7.02. The molecule has 1 amide bonds. The molecule has 1 aliphatic heterocycles. The fourth-order valence-corrected chi connectivity index (χ4v) is 3.01. The number of hydrogen-bond donors (Lipinski definition) is 1. The van der Waals surface area contributed by atoms with Gasteiger partial charge in [-0.3, -0.25) is 4.79 Å². The van der Waals surface area contributed by atoms with Gasteiger partial charge < -0.3 is 10.6 Å². The van der Waals surface area contributed by atoms with Crippen molar-refractivity contribution in [2.45, 2.75) is 39.2 Å². The van der Waals surface area contributed by atoms with Crippen molar-refractivity contribution in [2.24, 2.45) is 11.7 Å². The Bertz CT molecular complexity index is 547. The van der Waals surface area contributed by atoms with Gasteiger partial charge in [-0.25, -0.2) is 4.39 Å². The molecule has 1 aromatic rings. The van der Waals surface area contributed by atoms with Crippen LogP contribution in [0.5, 0.6) is 0 Å². The van der Waals surface area contributed by atoms with E-state index in [0.717, 1.165) is 19.3 Å². The highest BCUT2D eigenvalue weighted by atomic mass is 32.1. The van der Waals surface area contributed by atoms with Crippen LogP contribution < -0.4 is 5.73 Å². The summed E-state index contributed by atoms with van der Waals surface area (Å²) in [5, 5.41) is 0. The quantitative estimate of drug-likeness (QED) is 0.870. The van der Waals surface area contributed by atoms with Gasteiger partial charge in [-0.15, -0.1) is 0 Å². The van der Waals surface area contributed by atoms with E-state index in [1.165, 1.54) is 12.1 Å². The van der Waals surface area contributed by atoms with E-state index in [1.54, 1.807) is 11.0 Å². The molecule has 0 bridgehead atoms. The van der Waals surface area contributed by atoms with Gasteiger partial charge in [0.05, 0.1) is 0 Å². The van der Waals surface area contributed by atoms with Gasteiger partial charge in [0.1, 0.15) is 10.8 Å². The molecule has 1 aliphatic rings. The molecule has 1 saturated heterocycles. The zero-order valence-corrected chi connectivity index (χ0v) is 13.1. The summed E-state index contributed by atoms with van der Waals surface area (Å²) in [7, 11) is 0. The lowest BCUT2D eigenvalue weighted by atomic mass is 9.98. The van der Waals surface area contributed by atoms with E-state index in [-0.39, 0.29) is 16.7 Å². The third-order valence-corrected chi connectivity index (χ3v) is 4.42. The van der Waals surface area contributed by atoms with Gasteiger partial charge in [0.2, 0.25) is 5.91 Å². The van der Waals surface area contributed by atoms with Gasteiger partial charge in [-0.05, 0) is 42.5 Å². The van der Waals surface area contributed by atoms with Crippen molar-refractivity contribution >= 4 is 23.1 Å². The van der Waals surface area contributed by atoms with Crippen LogP contribution >= 0.6 is 12.2 Å². The Kier molecular flexibility index (Phi) is 5.28. The smallest absolute Gasteiger partial charge is 0.222 e. The molecule has 2 N–H and O–H groups in total. The molecule has 5 heteroatoms. The second kappa shape index (κ2) is 6.98. The molecule has 1 heterocycles. The van der Waals surface area contributed by atoms with Crippen LogP contribution in [0.15, 0.2) is 18.2 Å². The standard InChI is InChI=1S/C16H21FN2OS/c1-2-11-3-6-15(20)19(8-7-11)10-12-9-13(17)4-5-14(12)16(18)21/h4-5,9,11H,2-3,6-8,10H2,1H3,(H2,18,21). The number of nitrogens with two attached hydrogens (primary N) is 1. The van der Waals surface area contributed by atoms with Crippen LogP contribution in [0.3, 0.4) is 0 Å². The van der Waals surface area contributed by atoms with Crippen molar-refractivity contribution in [1.29, 1.82) is 0 Å². The summed E-state index contributed by atoms with van der Waals surface area (Å²) in [6.07, 6.45) is 3.60. The number of carbonyl (C=O) groups excluding carboxylic acids is 1. The molecule has 0 radical (unpaired) electrons. The fourth-order valence-electron chi connectivity index (χ4n) is 2.81. The van der Waals surface area contributed by atoms with E-state index in [9.17, 15) is 9.18 Å². The van der Waals surface area contributed by atoms with E-state index in [2.05, 4.69) is 6.92 Å². The molecular formula is C16H21FN2OS. The second-order valence-corrected chi connectivity index (χ2v) is 6.02. The fraction of sp³-hybridized carbons (Fsp3) is 0.500. The highest BCUT2D eigenvalue weighted by Gasteiger charge is 2.22. The Morgan fingerprint density at radius 1 is 1.48 bits per heavy atom. The van der Waals surface area contributed by atoms with Crippen LogP contribution in [0, 0.1) is 11.7 Å². The number of carbonyl (C=O) groups is 1. The Balaban J connectivity index is 2.18. The molecule has 114 valence electrons. The number of benzene rings is 1. The predicted molar refractivity (Wildman–Crippen MR) is 85.3 cm³/mol. The molecule has 3 nitrogen and oxygen atoms in total. The molecular weight excluding hydrogens is 287 g/mol. The zero-order valence-electron chi connectivity index (χ0n) is 12.3. The first kappa shape index (κ1) is 15.9. The van der Waals surface area contributed by atoms with Crippen LogP contribution in [0.4, 0.5) is 4.39 Å². The highest BCUT2D eigenvalue weighted by Crippen LogP contribution is 2.23. The van der Waals surface area contributed by atoms with Crippen LogP contribution in [-0.4, -0.2) is 22.3 Å². The summed E-state index contributed by atoms with van der Waals surface area (Å²) in [6.45, 7) is 3.24. The number of likely N-dealkylation sites (tertiary alicyclic amines) is 1. The first-order chi connectivity index (χ1) is 10.0. The van der Waals surface area contributed by atoms with E-state index < -0.39 is 0 Å². The minimum atomic E-state index is -0.335. The summed E-state index contributed by atoms with van der Waals surface area (Å²) >= 11 is 5.01. The zero-order chi connectivity index (χ0) is 15.4. The Morgan fingerprint density at radius 3 is 2.90 bits per heavy atom. The average molecular weight is 308 g/mol. The third kappa shape index (κ3) is 4.00. The van der Waals surface area contributed by atoms with E-state index in [4.69, 9.17) is 18.0 Å². The van der Waals surface area contributed by atoms with Gasteiger partial charge in [0.25, 0.3) is 0 Å². The lowest BCUT2D eigenvalue weighted by molar-refractivity contribution is -0.131. The van der Waals surface area contributed by atoms with Crippen LogP contribution in [0.1, 0.15) is 43.7 Å². The molecule has 0 spiro atoms. The van der Waals surface area contributed by atoms with Gasteiger partial charge in [0, 0.05) is 25.1 Å². The van der Waals surface area contributed by atoms with Crippen LogP contribution in [0.2, 0.25) is 0 Å². The molecule has 2 rings (SSSR count). The van der Waals surface area contributed by atoms with Crippen molar-refractivity contribution in [3.8, 4) is 0 Å². The molecule has 1 atom stereocenters. The first-order valence-corrected chi connectivity index (χ1v) is 7.78. The maximum Gasteiger partial charge on any atom is 0.222 e. The van der Waals surface area contributed by atoms with Crippen LogP contribution in [-0.2, 0) is 11.3 Å². The average Bonchev–Trinajstić information content (AvgIpc) is 2.61. The monoisotopic (exact) mass is 308 g/mol. The van der Waals surface area contributed by atoms with E-state index in [0.29, 0.717) is 36.6 Å². The Labute approximate surface area is 130 Å². The summed E-state index contributed by atoms with van der Waals surface area (Å²) in [5.74, 6) is 0.393. The Hall–Kier alpha value is -1.49. The number of thiocarbonyl (C=S) groups is 1. The maximum atomic E-state index is 13.5. The normalized spacial score (nSPS) is 19.4. The summed E-state index contributed by atoms with van der Waals surface area (Å²) in [4.78, 5) is 14.2. The SMILES string of the molecule is CCC1CCC(=O)N(Cc2cc(F)ccc2C(N)=S)CC1. The predicted octanol–water partition coefficient (Wildman–Crippen LogP) is 3.00. The lowest BCUT2D eigenvalue weighted by Gasteiger charge is -2.22. The molecule has 1 unspecified atom stereocenters. The van der Waals surface area contributed by atoms with E-state index >= 15 is 0 Å². The number of rotatable bonds is 4. The minimum absolute atomic E-state index is 0.129. The van der Waals surface area contributed by atoms with Crippen molar-refractivity contribution in [2.75, 3.05) is 6.54 Å². The van der Waals surface area contributed by atoms with Crippen molar-refractivity contribution in [3.63, 3.8) is 0 Å². The maximum absolute atomic E-state index is 13.5. The molecule has 1 fully saturated rings. The molecule has 0 aromatic heterocycles. The topological polar surface area (TPSA) is 46.3 Å². The molecule has 0 saturated carbocycles. The third-order valence-electron chi connectivity index (χ3n) is 4.20. The van der Waals surface area contributed by atoms with Gasteiger partial charge in [-0.2, -0.15) is 0 Å². The number of halogens is 1. The van der Waals surface area contributed by atoms with Crippen LogP contribution in [0.25, 0.3) is 0 Å². The first-order valence-electron chi connectivity index (χ1n) is 7.37. The highest BCUT2D eigenvalue weighted by molar-refractivity contribution is 7.80. The summed E-state index contributed by atoms with van der Waals surface area (Å²) < 4.78 is 13.5. The minimum Gasteiger partial charge on any atom is -0.389 e. The van der Waals surface area contributed by atoms with Gasteiger partial charge in [0.15, 0.2) is 0 Å². The second-order valence-electron chi connectivity index (χ2n) is 5.58. The lowest BCUT2D eigenvalue weighted by Crippen LogP contribution is -2.31. The number of nitrogens with zero attached hydrogens (tertiary/aromatic N) is 1. The Morgan fingerprint density at radius 2 is 2.24 bits per heavy atom. The number of amides is 1. The molecule has 0 aliphatic carbocycles. The van der Waals surface area contributed by atoms with Crippen molar-refractivity contribution < 1.29 is 9.18 Å². The molecule has 21 heavy (non-hydrogen) atoms. The summed E-state index contributed by atoms with van der Waals surface area (Å²) in [6, 6.07) is 4.35. The van der Waals surface area contributed by atoms with Crippen molar-refractivity contribution in [3.05, 3.63) is 35.1 Å². The van der Waals surface area contributed by atoms with Crippen molar-refractivity contribution in [1.82, 2.24) is 4.90 Å².